The first-order valence-corrected chi connectivity index (χ1v) is 7.14. The van der Waals surface area contributed by atoms with E-state index in [1.165, 1.54) is 0 Å². The summed E-state index contributed by atoms with van der Waals surface area (Å²) in [5, 5.41) is 4.45. The highest BCUT2D eigenvalue weighted by molar-refractivity contribution is 5.35. The number of hydrogen-bond donors (Lipinski definition) is 1. The lowest BCUT2D eigenvalue weighted by atomic mass is 10.1. The Morgan fingerprint density at radius 2 is 1.81 bits per heavy atom. The number of hydrogen-bond acceptors (Lipinski definition) is 6. The molecule has 3 atom stereocenters. The van der Waals surface area contributed by atoms with Gasteiger partial charge in [0, 0.05) is 40.9 Å². The van der Waals surface area contributed by atoms with Crippen LogP contribution in [-0.2, 0) is 16.5 Å². The molecule has 1 aromatic heterocycles. The molecule has 0 spiro atoms. The second-order valence-corrected chi connectivity index (χ2v) is 5.39. The van der Waals surface area contributed by atoms with Crippen LogP contribution in [0.4, 0.5) is 0 Å². The predicted octanol–water partition coefficient (Wildman–Crippen LogP) is 0.0825. The van der Waals surface area contributed by atoms with Gasteiger partial charge in [-0.15, -0.1) is 0 Å². The molecule has 0 saturated carbocycles. The van der Waals surface area contributed by atoms with Gasteiger partial charge in [0.05, 0.1) is 36.6 Å². The van der Waals surface area contributed by atoms with E-state index in [2.05, 4.69) is 10.00 Å². The molecule has 0 aromatic carbocycles. The van der Waals surface area contributed by atoms with Crippen molar-refractivity contribution in [2.45, 2.75) is 25.2 Å². The number of nitrogens with zero attached hydrogens (tertiary/aromatic N) is 3. The number of rotatable bonds is 6. The molecule has 7 heteroatoms. The molecule has 3 unspecified atom stereocenters. The van der Waals surface area contributed by atoms with Crippen LogP contribution in [0.25, 0.3) is 0 Å². The van der Waals surface area contributed by atoms with Crippen LogP contribution in [0.2, 0.25) is 0 Å². The standard InChI is InChI=1S/C14H26N4O3/c1-9-13(14(21-5)17(2)16-9)10(6-15)18-7-11(19-3)12(8-18)20-4/h10-12H,6-8,15H2,1-5H3. The van der Waals surface area contributed by atoms with Crippen molar-refractivity contribution in [2.24, 2.45) is 12.8 Å². The van der Waals surface area contributed by atoms with Gasteiger partial charge in [-0.2, -0.15) is 5.10 Å². The van der Waals surface area contributed by atoms with Crippen molar-refractivity contribution < 1.29 is 14.2 Å². The van der Waals surface area contributed by atoms with Crippen LogP contribution < -0.4 is 10.5 Å². The summed E-state index contributed by atoms with van der Waals surface area (Å²) in [5.74, 6) is 0.762. The average Bonchev–Trinajstić information content (AvgIpc) is 3.01. The first-order valence-electron chi connectivity index (χ1n) is 7.14. The lowest BCUT2D eigenvalue weighted by Crippen LogP contribution is -2.33. The van der Waals surface area contributed by atoms with Crippen molar-refractivity contribution in [1.82, 2.24) is 14.7 Å². The molecule has 1 aliphatic rings. The van der Waals surface area contributed by atoms with E-state index in [-0.39, 0.29) is 18.2 Å². The molecule has 0 bridgehead atoms. The Morgan fingerprint density at radius 3 is 2.24 bits per heavy atom. The summed E-state index contributed by atoms with van der Waals surface area (Å²) in [7, 11) is 6.97. The number of ether oxygens (including phenoxy) is 3. The zero-order valence-electron chi connectivity index (χ0n) is 13.5. The molecular formula is C14H26N4O3. The second kappa shape index (κ2) is 6.74. The van der Waals surface area contributed by atoms with Crippen LogP contribution in [0.3, 0.4) is 0 Å². The molecule has 2 rings (SSSR count). The van der Waals surface area contributed by atoms with E-state index in [9.17, 15) is 0 Å². The van der Waals surface area contributed by atoms with Gasteiger partial charge in [0.15, 0.2) is 0 Å². The molecular weight excluding hydrogens is 272 g/mol. The fraction of sp³-hybridized carbons (Fsp3) is 0.786. The molecule has 120 valence electrons. The number of nitrogens with two attached hydrogens (primary N) is 1. The molecule has 0 aliphatic carbocycles. The van der Waals surface area contributed by atoms with Gasteiger partial charge >= 0.3 is 0 Å². The van der Waals surface area contributed by atoms with Crippen molar-refractivity contribution >= 4 is 0 Å². The third-order valence-corrected chi connectivity index (χ3v) is 4.25. The normalized spacial score (nSPS) is 24.5. The summed E-state index contributed by atoms with van der Waals surface area (Å²) in [6.45, 7) is 4.05. The summed E-state index contributed by atoms with van der Waals surface area (Å²) in [4.78, 5) is 2.29. The van der Waals surface area contributed by atoms with Crippen LogP contribution >= 0.6 is 0 Å². The van der Waals surface area contributed by atoms with Gasteiger partial charge in [-0.3, -0.25) is 4.90 Å². The minimum atomic E-state index is 0.0476. The lowest BCUT2D eigenvalue weighted by Gasteiger charge is -2.27. The Bertz CT molecular complexity index is 465. The first kappa shape index (κ1) is 16.2. The molecule has 1 saturated heterocycles. The fourth-order valence-corrected chi connectivity index (χ4v) is 3.21. The summed E-state index contributed by atoms with van der Waals surface area (Å²) < 4.78 is 18.3. The lowest BCUT2D eigenvalue weighted by molar-refractivity contribution is -0.00461. The summed E-state index contributed by atoms with van der Waals surface area (Å²) in [6, 6.07) is 0.0476. The van der Waals surface area contributed by atoms with E-state index >= 15 is 0 Å². The zero-order chi connectivity index (χ0) is 15.6. The third kappa shape index (κ3) is 2.91. The van der Waals surface area contributed by atoms with Gasteiger partial charge in [-0.1, -0.05) is 0 Å². The summed E-state index contributed by atoms with van der Waals surface area (Å²) in [5.41, 5.74) is 8.04. The third-order valence-electron chi connectivity index (χ3n) is 4.25. The number of likely N-dealkylation sites (tertiary alicyclic amines) is 1. The molecule has 1 aliphatic heterocycles. The SMILES string of the molecule is COc1c(C(CN)N2CC(OC)C(OC)C2)c(C)nn1C. The van der Waals surface area contributed by atoms with Gasteiger partial charge in [-0.25, -0.2) is 4.68 Å². The second-order valence-electron chi connectivity index (χ2n) is 5.39. The molecule has 1 fully saturated rings. The number of methoxy groups -OCH3 is 3. The van der Waals surface area contributed by atoms with Crippen LogP contribution in [0.1, 0.15) is 17.3 Å². The van der Waals surface area contributed by atoms with E-state index in [1.807, 2.05) is 14.0 Å². The zero-order valence-corrected chi connectivity index (χ0v) is 13.5. The van der Waals surface area contributed by atoms with E-state index < -0.39 is 0 Å². The molecule has 21 heavy (non-hydrogen) atoms. The Kier molecular flexibility index (Phi) is 5.21. The van der Waals surface area contributed by atoms with E-state index in [4.69, 9.17) is 19.9 Å². The number of aromatic nitrogens is 2. The minimum absolute atomic E-state index is 0.0476. The highest BCUT2D eigenvalue weighted by Crippen LogP contribution is 2.34. The Labute approximate surface area is 125 Å². The quantitative estimate of drug-likeness (QED) is 0.802. The van der Waals surface area contributed by atoms with Gasteiger partial charge in [0.25, 0.3) is 0 Å². The van der Waals surface area contributed by atoms with Gasteiger partial charge in [0.1, 0.15) is 0 Å². The van der Waals surface area contributed by atoms with Crippen molar-refractivity contribution in [3.8, 4) is 5.88 Å². The molecule has 2 N–H and O–H groups in total. The van der Waals surface area contributed by atoms with Crippen molar-refractivity contribution in [1.29, 1.82) is 0 Å². The summed E-state index contributed by atoms with van der Waals surface area (Å²) in [6.07, 6.45) is 0.124. The Morgan fingerprint density at radius 1 is 1.24 bits per heavy atom. The van der Waals surface area contributed by atoms with Crippen LogP contribution in [0.15, 0.2) is 0 Å². The molecule has 2 heterocycles. The molecule has 1 aromatic rings. The van der Waals surface area contributed by atoms with Gasteiger partial charge < -0.3 is 19.9 Å². The fourth-order valence-electron chi connectivity index (χ4n) is 3.21. The van der Waals surface area contributed by atoms with Crippen molar-refractivity contribution in [3.05, 3.63) is 11.3 Å². The predicted molar refractivity (Wildman–Crippen MR) is 79.5 cm³/mol. The molecule has 0 amide bonds. The maximum atomic E-state index is 6.04. The van der Waals surface area contributed by atoms with E-state index in [1.54, 1.807) is 26.0 Å². The van der Waals surface area contributed by atoms with Crippen LogP contribution in [0, 0.1) is 6.92 Å². The average molecular weight is 298 g/mol. The first-order chi connectivity index (χ1) is 10.1. The summed E-state index contributed by atoms with van der Waals surface area (Å²) >= 11 is 0. The highest BCUT2D eigenvalue weighted by Gasteiger charge is 2.38. The molecule has 0 radical (unpaired) electrons. The van der Waals surface area contributed by atoms with E-state index in [0.29, 0.717) is 6.54 Å². The molecule has 7 nitrogen and oxygen atoms in total. The van der Waals surface area contributed by atoms with Crippen molar-refractivity contribution in [3.63, 3.8) is 0 Å². The van der Waals surface area contributed by atoms with E-state index in [0.717, 1.165) is 30.2 Å². The number of aryl methyl sites for hydroxylation is 2. The topological polar surface area (TPSA) is 74.8 Å². The minimum Gasteiger partial charge on any atom is -0.481 e. The largest absolute Gasteiger partial charge is 0.481 e. The van der Waals surface area contributed by atoms with Crippen LogP contribution in [-0.4, -0.2) is 67.9 Å². The van der Waals surface area contributed by atoms with Crippen LogP contribution in [0.5, 0.6) is 5.88 Å². The maximum Gasteiger partial charge on any atom is 0.216 e. The van der Waals surface area contributed by atoms with Gasteiger partial charge in [0.2, 0.25) is 5.88 Å². The Hall–Kier alpha value is -1.15. The Balaban J connectivity index is 2.29. The van der Waals surface area contributed by atoms with Crippen molar-refractivity contribution in [2.75, 3.05) is 41.0 Å². The van der Waals surface area contributed by atoms with Gasteiger partial charge in [-0.05, 0) is 6.92 Å². The highest BCUT2D eigenvalue weighted by atomic mass is 16.5. The smallest absolute Gasteiger partial charge is 0.216 e. The monoisotopic (exact) mass is 298 g/mol. The maximum absolute atomic E-state index is 6.04.